The second kappa shape index (κ2) is 10.6. The average Bonchev–Trinajstić information content (AvgIpc) is 3.61. The largest absolute Gasteiger partial charge is 0.402 e. The second-order valence-corrected chi connectivity index (χ2v) is 11.0. The van der Waals surface area contributed by atoms with E-state index in [1.165, 1.54) is 30.2 Å². The zero-order valence-corrected chi connectivity index (χ0v) is 22.3. The molecule has 0 saturated heterocycles. The van der Waals surface area contributed by atoms with Crippen molar-refractivity contribution in [3.05, 3.63) is 88.0 Å². The molecule has 0 aromatic heterocycles. The third-order valence-corrected chi connectivity index (χ3v) is 8.14. The fraction of sp³-hybridized carbons (Fsp3) is 0.452. The fourth-order valence-corrected chi connectivity index (χ4v) is 6.27. The van der Waals surface area contributed by atoms with E-state index in [4.69, 9.17) is 11.1 Å². The summed E-state index contributed by atoms with van der Waals surface area (Å²) in [5.74, 6) is 0.113. The summed E-state index contributed by atoms with van der Waals surface area (Å²) in [6, 6.07) is 14.5. The lowest BCUT2D eigenvalue weighted by atomic mass is 9.64. The van der Waals surface area contributed by atoms with Crippen molar-refractivity contribution in [2.75, 3.05) is 7.05 Å². The van der Waals surface area contributed by atoms with Gasteiger partial charge in [-0.25, -0.2) is 4.39 Å². The molecule has 0 heterocycles. The Hall–Kier alpha value is -2.92. The van der Waals surface area contributed by atoms with Crippen LogP contribution in [0.1, 0.15) is 81.0 Å². The third kappa shape index (κ3) is 5.12. The minimum absolute atomic E-state index is 0.0446. The van der Waals surface area contributed by atoms with Gasteiger partial charge in [-0.1, -0.05) is 30.3 Å². The highest BCUT2D eigenvalue weighted by molar-refractivity contribution is 5.72. The standard InChI is InChI=1S/C31H41FN4/c1-19(2)36-27(13-17-33)29(23-8-6-22(7-9-23)28(20(3)34)21(4)35-5)30-26-11-10-25(32)18-24(26)12-14-31(30)15-16-31/h6-11,13,17-19,21,29-30,33,35-36H,12,14-16,34H2,1-5H3/b27-13-,28-20+,33-17?. The molecule has 5 heteroatoms. The Labute approximate surface area is 215 Å². The van der Waals surface area contributed by atoms with Crippen LogP contribution >= 0.6 is 0 Å². The van der Waals surface area contributed by atoms with Gasteiger partial charge in [0.2, 0.25) is 0 Å². The normalized spacial score (nSPS) is 21.0. The first-order valence-corrected chi connectivity index (χ1v) is 13.2. The van der Waals surface area contributed by atoms with Crippen molar-refractivity contribution in [2.24, 2.45) is 11.1 Å². The Kier molecular flexibility index (Phi) is 7.70. The third-order valence-electron chi connectivity index (χ3n) is 8.14. The maximum atomic E-state index is 14.2. The van der Waals surface area contributed by atoms with Crippen molar-refractivity contribution >= 4 is 11.8 Å². The highest BCUT2D eigenvalue weighted by Gasteiger charge is 2.55. The van der Waals surface area contributed by atoms with Gasteiger partial charge in [0.1, 0.15) is 5.82 Å². The molecular formula is C31H41FN4. The Morgan fingerprint density at radius 1 is 1.11 bits per heavy atom. The van der Waals surface area contributed by atoms with Gasteiger partial charge in [-0.3, -0.25) is 0 Å². The minimum Gasteiger partial charge on any atom is -0.402 e. The first-order chi connectivity index (χ1) is 17.2. The van der Waals surface area contributed by atoms with Gasteiger partial charge < -0.3 is 21.8 Å². The monoisotopic (exact) mass is 488 g/mol. The molecule has 2 aromatic carbocycles. The quantitative estimate of drug-likeness (QED) is 0.315. The molecule has 0 bridgehead atoms. The van der Waals surface area contributed by atoms with Crippen LogP contribution in [0.4, 0.5) is 4.39 Å². The van der Waals surface area contributed by atoms with E-state index in [9.17, 15) is 4.39 Å². The highest BCUT2D eigenvalue weighted by Crippen LogP contribution is 2.66. The lowest BCUT2D eigenvalue weighted by molar-refractivity contribution is 0.311. The number of benzene rings is 2. The molecule has 4 nitrogen and oxygen atoms in total. The summed E-state index contributed by atoms with van der Waals surface area (Å²) in [4.78, 5) is 0. The van der Waals surface area contributed by atoms with Gasteiger partial charge >= 0.3 is 0 Å². The number of hydrogen-bond donors (Lipinski definition) is 4. The predicted molar refractivity (Wildman–Crippen MR) is 149 cm³/mol. The van der Waals surface area contributed by atoms with E-state index in [0.717, 1.165) is 40.9 Å². The van der Waals surface area contributed by atoms with Gasteiger partial charge in [-0.15, -0.1) is 0 Å². The van der Waals surface area contributed by atoms with Crippen LogP contribution in [0, 0.1) is 16.6 Å². The van der Waals surface area contributed by atoms with Crippen LogP contribution in [0.3, 0.4) is 0 Å². The zero-order valence-electron chi connectivity index (χ0n) is 22.3. The van der Waals surface area contributed by atoms with Gasteiger partial charge in [0.05, 0.1) is 0 Å². The molecule has 36 heavy (non-hydrogen) atoms. The molecule has 1 spiro atoms. The molecular weight excluding hydrogens is 447 g/mol. The first-order valence-electron chi connectivity index (χ1n) is 13.2. The molecule has 3 atom stereocenters. The van der Waals surface area contributed by atoms with Crippen LogP contribution in [-0.4, -0.2) is 25.3 Å². The van der Waals surface area contributed by atoms with E-state index in [1.54, 1.807) is 12.1 Å². The molecule has 0 aliphatic heterocycles. The van der Waals surface area contributed by atoms with Gasteiger partial charge in [-0.05, 0) is 112 Å². The van der Waals surface area contributed by atoms with E-state index in [2.05, 4.69) is 55.7 Å². The number of allylic oxidation sites excluding steroid dienone is 3. The van der Waals surface area contributed by atoms with Gasteiger partial charge in [0, 0.05) is 41.5 Å². The lowest BCUT2D eigenvalue weighted by Gasteiger charge is -2.41. The molecule has 0 amide bonds. The van der Waals surface area contributed by atoms with Gasteiger partial charge in [0.25, 0.3) is 0 Å². The average molecular weight is 489 g/mol. The second-order valence-electron chi connectivity index (χ2n) is 11.0. The molecule has 1 saturated carbocycles. The summed E-state index contributed by atoms with van der Waals surface area (Å²) in [6.07, 6.45) is 7.70. The number of halogens is 1. The summed E-state index contributed by atoms with van der Waals surface area (Å²) in [7, 11) is 1.95. The number of aryl methyl sites for hydroxylation is 1. The number of fused-ring (bicyclic) bond motifs is 1. The maximum absolute atomic E-state index is 14.2. The molecule has 4 rings (SSSR count). The van der Waals surface area contributed by atoms with E-state index in [0.29, 0.717) is 0 Å². The van der Waals surface area contributed by atoms with E-state index in [-0.39, 0.29) is 35.2 Å². The molecule has 192 valence electrons. The van der Waals surface area contributed by atoms with Crippen LogP contribution in [0.2, 0.25) is 0 Å². The molecule has 2 aromatic rings. The van der Waals surface area contributed by atoms with Crippen LogP contribution in [-0.2, 0) is 6.42 Å². The van der Waals surface area contributed by atoms with Crippen molar-refractivity contribution < 1.29 is 4.39 Å². The van der Waals surface area contributed by atoms with Crippen LogP contribution in [0.15, 0.2) is 59.9 Å². The molecule has 1 fully saturated rings. The van der Waals surface area contributed by atoms with E-state index < -0.39 is 0 Å². The van der Waals surface area contributed by atoms with Crippen LogP contribution < -0.4 is 16.4 Å². The van der Waals surface area contributed by atoms with Gasteiger partial charge in [0.15, 0.2) is 0 Å². The maximum Gasteiger partial charge on any atom is 0.123 e. The summed E-state index contributed by atoms with van der Waals surface area (Å²) < 4.78 is 14.2. The Morgan fingerprint density at radius 2 is 1.81 bits per heavy atom. The number of rotatable bonds is 9. The molecule has 0 radical (unpaired) electrons. The van der Waals surface area contributed by atoms with Crippen molar-refractivity contribution in [1.82, 2.24) is 10.6 Å². The fourth-order valence-electron chi connectivity index (χ4n) is 6.27. The van der Waals surface area contributed by atoms with Crippen LogP contribution in [0.5, 0.6) is 0 Å². The highest BCUT2D eigenvalue weighted by atomic mass is 19.1. The van der Waals surface area contributed by atoms with Crippen LogP contribution in [0.25, 0.3) is 5.57 Å². The Morgan fingerprint density at radius 3 is 2.36 bits per heavy atom. The SMILES string of the molecule is CNC(C)/C(=C(/C)N)c1ccc(C(/C(=C/C=N)NC(C)C)C2c3ccc(F)cc3CCC23CC3)cc1. The van der Waals surface area contributed by atoms with Crippen molar-refractivity contribution in [1.29, 1.82) is 5.41 Å². The zero-order chi connectivity index (χ0) is 26.0. The Balaban J connectivity index is 1.86. The topological polar surface area (TPSA) is 73.9 Å². The molecule has 2 aliphatic carbocycles. The minimum atomic E-state index is -0.161. The summed E-state index contributed by atoms with van der Waals surface area (Å²) >= 11 is 0. The first kappa shape index (κ1) is 26.2. The smallest absolute Gasteiger partial charge is 0.123 e. The molecule has 5 N–H and O–H groups in total. The number of nitrogens with one attached hydrogen (secondary N) is 3. The summed E-state index contributed by atoms with van der Waals surface area (Å²) in [5, 5.41) is 14.9. The van der Waals surface area contributed by atoms with E-state index >= 15 is 0 Å². The summed E-state index contributed by atoms with van der Waals surface area (Å²) in [6.45, 7) is 8.34. The molecule has 2 aliphatic rings. The van der Waals surface area contributed by atoms with Crippen molar-refractivity contribution in [3.8, 4) is 0 Å². The number of hydrogen-bond acceptors (Lipinski definition) is 4. The van der Waals surface area contributed by atoms with Crippen molar-refractivity contribution in [3.63, 3.8) is 0 Å². The van der Waals surface area contributed by atoms with E-state index in [1.807, 2.05) is 26.1 Å². The number of nitrogens with two attached hydrogens (primary N) is 1. The van der Waals surface area contributed by atoms with Gasteiger partial charge in [-0.2, -0.15) is 0 Å². The molecule has 3 unspecified atom stereocenters. The Bertz CT molecular complexity index is 1150. The lowest BCUT2D eigenvalue weighted by Crippen LogP contribution is -2.34. The van der Waals surface area contributed by atoms with Crippen molar-refractivity contribution in [2.45, 2.75) is 77.3 Å². The number of likely N-dealkylation sites (N-methyl/N-ethyl adjacent to an activating group) is 1. The predicted octanol–water partition coefficient (Wildman–Crippen LogP) is 6.25. The summed E-state index contributed by atoms with van der Waals surface area (Å²) in [5.41, 5.74) is 14.2.